The van der Waals surface area contributed by atoms with Crippen LogP contribution < -0.4 is 4.73 Å². The Kier molecular flexibility index (Phi) is 6.85. The molecule has 1 aromatic carbocycles. The third-order valence-corrected chi connectivity index (χ3v) is 5.76. The quantitative estimate of drug-likeness (QED) is 0.270. The molecular formula is C22H20ClF3N6O2. The number of aryl methyl sites for hydroxylation is 1. The van der Waals surface area contributed by atoms with E-state index in [0.717, 1.165) is 29.6 Å². The summed E-state index contributed by atoms with van der Waals surface area (Å²) in [5, 5.41) is 24.9. The number of ether oxygens (including phenoxy) is 1. The summed E-state index contributed by atoms with van der Waals surface area (Å²) in [5.41, 5.74) is 0.787. The molecule has 4 aromatic rings. The Hall–Kier alpha value is -3.44. The summed E-state index contributed by atoms with van der Waals surface area (Å²) in [6.07, 6.45) is 3.48. The van der Waals surface area contributed by atoms with Crippen molar-refractivity contribution < 1.29 is 22.6 Å². The summed E-state index contributed by atoms with van der Waals surface area (Å²) in [6.45, 7) is 0.327. The van der Waals surface area contributed by atoms with E-state index in [1.165, 1.54) is 19.2 Å². The Morgan fingerprint density at radius 1 is 1.18 bits per heavy atom. The molecule has 0 aliphatic carbocycles. The molecule has 0 fully saturated rings. The van der Waals surface area contributed by atoms with Gasteiger partial charge >= 0.3 is 0 Å². The van der Waals surface area contributed by atoms with Crippen LogP contribution in [0.3, 0.4) is 0 Å². The van der Waals surface area contributed by atoms with Crippen molar-refractivity contribution in [2.24, 2.45) is 7.05 Å². The first-order valence-corrected chi connectivity index (χ1v) is 10.6. The van der Waals surface area contributed by atoms with Crippen molar-refractivity contribution in [2.45, 2.75) is 18.9 Å². The zero-order chi connectivity index (χ0) is 24.4. The number of aromatic nitrogens is 6. The molecule has 0 aliphatic rings. The van der Waals surface area contributed by atoms with E-state index in [0.29, 0.717) is 17.8 Å². The highest BCUT2D eigenvalue weighted by Gasteiger charge is 2.26. The van der Waals surface area contributed by atoms with E-state index in [-0.39, 0.29) is 16.3 Å². The van der Waals surface area contributed by atoms with Gasteiger partial charge in [-0.25, -0.2) is 17.9 Å². The lowest BCUT2D eigenvalue weighted by molar-refractivity contribution is -0.615. The van der Waals surface area contributed by atoms with Gasteiger partial charge in [0.15, 0.2) is 6.20 Å². The second-order valence-electron chi connectivity index (χ2n) is 7.54. The van der Waals surface area contributed by atoms with Crippen LogP contribution in [0.1, 0.15) is 30.1 Å². The minimum absolute atomic E-state index is 0.0124. The molecule has 178 valence electrons. The van der Waals surface area contributed by atoms with Gasteiger partial charge < -0.3 is 9.94 Å². The largest absolute Gasteiger partial charge is 0.618 e. The highest BCUT2D eigenvalue weighted by Crippen LogP contribution is 2.36. The zero-order valence-electron chi connectivity index (χ0n) is 18.2. The maximum atomic E-state index is 14.7. The maximum absolute atomic E-state index is 14.7. The Bertz CT molecular complexity index is 1310. The SMILES string of the molecule is COCC[C@H](c1ccc(-c2c(C(F)F)ccc(Cl)c2F)c[n+]1[O-])n1cc(-c2cnnn2C)cn1. The van der Waals surface area contributed by atoms with Gasteiger partial charge in [0.25, 0.3) is 6.43 Å². The number of methoxy groups -OCH3 is 1. The van der Waals surface area contributed by atoms with E-state index in [1.54, 1.807) is 35.0 Å². The van der Waals surface area contributed by atoms with Crippen molar-refractivity contribution in [3.05, 3.63) is 76.4 Å². The molecule has 0 N–H and O–H groups in total. The van der Waals surface area contributed by atoms with Crippen molar-refractivity contribution in [2.75, 3.05) is 13.7 Å². The summed E-state index contributed by atoms with van der Waals surface area (Å²) < 4.78 is 50.6. The van der Waals surface area contributed by atoms with Crippen LogP contribution in [0.2, 0.25) is 5.02 Å². The summed E-state index contributed by atoms with van der Waals surface area (Å²) in [5.74, 6) is -1.01. The number of alkyl halides is 2. The lowest BCUT2D eigenvalue weighted by Crippen LogP contribution is -2.36. The summed E-state index contributed by atoms with van der Waals surface area (Å²) in [4.78, 5) is 0. The number of pyridine rings is 1. The van der Waals surface area contributed by atoms with E-state index in [9.17, 15) is 18.4 Å². The number of hydrogen-bond donors (Lipinski definition) is 0. The van der Waals surface area contributed by atoms with Gasteiger partial charge in [-0.05, 0) is 12.1 Å². The second kappa shape index (κ2) is 9.82. The van der Waals surface area contributed by atoms with E-state index in [1.807, 2.05) is 0 Å². The molecule has 0 saturated heterocycles. The van der Waals surface area contributed by atoms with Gasteiger partial charge in [0.2, 0.25) is 5.69 Å². The molecular weight excluding hydrogens is 473 g/mol. The lowest BCUT2D eigenvalue weighted by Gasteiger charge is -2.18. The predicted molar refractivity (Wildman–Crippen MR) is 118 cm³/mol. The topological polar surface area (TPSA) is 84.7 Å². The van der Waals surface area contributed by atoms with E-state index >= 15 is 0 Å². The molecule has 34 heavy (non-hydrogen) atoms. The standard InChI is InChI=1S/C22H20ClF3N6O2/c1-30-19(10-27-29-30)14-9-28-31(11-14)17(7-8-34-2)18-6-3-13(12-32(18)33)20-15(22(25)26)4-5-16(23)21(20)24/h3-6,9-12,17,22H,7-8H2,1-2H3/t17-/m1/s1. The first-order valence-electron chi connectivity index (χ1n) is 10.2. The molecule has 4 rings (SSSR count). The third-order valence-electron chi connectivity index (χ3n) is 5.46. The van der Waals surface area contributed by atoms with Crippen LogP contribution in [0.4, 0.5) is 13.2 Å². The number of nitrogens with zero attached hydrogens (tertiary/aromatic N) is 6. The molecule has 0 aliphatic heterocycles. The summed E-state index contributed by atoms with van der Waals surface area (Å²) in [6, 6.07) is 4.45. The van der Waals surface area contributed by atoms with E-state index < -0.39 is 29.4 Å². The van der Waals surface area contributed by atoms with Crippen LogP contribution in [0, 0.1) is 11.0 Å². The summed E-state index contributed by atoms with van der Waals surface area (Å²) in [7, 11) is 3.28. The highest BCUT2D eigenvalue weighted by molar-refractivity contribution is 6.31. The van der Waals surface area contributed by atoms with Crippen LogP contribution in [0.25, 0.3) is 22.4 Å². The van der Waals surface area contributed by atoms with Gasteiger partial charge in [0.05, 0.1) is 28.7 Å². The van der Waals surface area contributed by atoms with Gasteiger partial charge in [-0.15, -0.1) is 5.10 Å². The van der Waals surface area contributed by atoms with Crippen LogP contribution in [-0.4, -0.2) is 38.5 Å². The smallest absolute Gasteiger partial charge is 0.264 e. The maximum Gasteiger partial charge on any atom is 0.264 e. The molecule has 1 atom stereocenters. The average Bonchev–Trinajstić information content (AvgIpc) is 3.45. The lowest BCUT2D eigenvalue weighted by atomic mass is 9.99. The monoisotopic (exact) mass is 492 g/mol. The predicted octanol–water partition coefficient (Wildman–Crippen LogP) is 4.34. The Labute approximate surface area is 197 Å². The Morgan fingerprint density at radius 2 is 1.97 bits per heavy atom. The number of rotatable bonds is 8. The minimum atomic E-state index is -2.94. The van der Waals surface area contributed by atoms with Gasteiger partial charge in [-0.2, -0.15) is 9.83 Å². The average molecular weight is 493 g/mol. The molecule has 3 aromatic heterocycles. The van der Waals surface area contributed by atoms with Gasteiger partial charge in [0.1, 0.15) is 11.9 Å². The molecule has 0 bridgehead atoms. The molecule has 0 unspecified atom stereocenters. The van der Waals surface area contributed by atoms with Gasteiger partial charge in [-0.1, -0.05) is 22.9 Å². The molecule has 12 heteroatoms. The molecule has 0 amide bonds. The first kappa shape index (κ1) is 23.7. The zero-order valence-corrected chi connectivity index (χ0v) is 19.0. The van der Waals surface area contributed by atoms with Crippen molar-refractivity contribution in [1.29, 1.82) is 0 Å². The van der Waals surface area contributed by atoms with Crippen molar-refractivity contribution in [3.8, 4) is 22.4 Å². The van der Waals surface area contributed by atoms with E-state index in [4.69, 9.17) is 16.3 Å². The number of halogens is 4. The Balaban J connectivity index is 1.75. The van der Waals surface area contributed by atoms with Crippen LogP contribution in [0.15, 0.2) is 49.1 Å². The van der Waals surface area contributed by atoms with Crippen molar-refractivity contribution in [3.63, 3.8) is 0 Å². The third kappa shape index (κ3) is 4.48. The second-order valence-corrected chi connectivity index (χ2v) is 7.95. The molecule has 3 heterocycles. The fraction of sp³-hybridized carbons (Fsp3) is 0.273. The fourth-order valence-electron chi connectivity index (χ4n) is 3.78. The molecule has 8 nitrogen and oxygen atoms in total. The normalized spacial score (nSPS) is 12.4. The molecule has 0 spiro atoms. The molecule has 0 saturated carbocycles. The number of hydrogen-bond acceptors (Lipinski definition) is 5. The van der Waals surface area contributed by atoms with Crippen molar-refractivity contribution >= 4 is 11.6 Å². The number of benzene rings is 1. The van der Waals surface area contributed by atoms with Crippen LogP contribution in [-0.2, 0) is 11.8 Å². The minimum Gasteiger partial charge on any atom is -0.618 e. The fourth-order valence-corrected chi connectivity index (χ4v) is 3.93. The van der Waals surface area contributed by atoms with Gasteiger partial charge in [0, 0.05) is 56.1 Å². The summed E-state index contributed by atoms with van der Waals surface area (Å²) >= 11 is 5.81. The van der Waals surface area contributed by atoms with Crippen LogP contribution in [0.5, 0.6) is 0 Å². The van der Waals surface area contributed by atoms with Gasteiger partial charge in [-0.3, -0.25) is 4.68 Å². The molecule has 0 radical (unpaired) electrons. The van der Waals surface area contributed by atoms with Crippen LogP contribution >= 0.6 is 11.6 Å². The Morgan fingerprint density at radius 3 is 2.62 bits per heavy atom. The highest BCUT2D eigenvalue weighted by atomic mass is 35.5. The first-order chi connectivity index (χ1) is 16.3. The van der Waals surface area contributed by atoms with E-state index in [2.05, 4.69) is 15.4 Å². The van der Waals surface area contributed by atoms with Crippen molar-refractivity contribution in [1.82, 2.24) is 24.8 Å².